The molecule has 0 atom stereocenters. The molecule has 3 rings (SSSR count). The molecular formula is C20H25N5O4. The van der Waals surface area contributed by atoms with Crippen LogP contribution in [-0.2, 0) is 4.79 Å². The highest BCUT2D eigenvalue weighted by molar-refractivity contribution is 6.07. The first-order valence-corrected chi connectivity index (χ1v) is 9.74. The number of aromatic nitrogens is 1. The van der Waals surface area contributed by atoms with Gasteiger partial charge in [0.05, 0.1) is 18.7 Å². The Bertz CT molecular complexity index is 837. The van der Waals surface area contributed by atoms with Crippen molar-refractivity contribution in [2.24, 2.45) is 5.92 Å². The van der Waals surface area contributed by atoms with Crippen molar-refractivity contribution in [3.8, 4) is 6.07 Å². The smallest absolute Gasteiger partial charge is 0.327 e. The number of urea groups is 1. The summed E-state index contributed by atoms with van der Waals surface area (Å²) >= 11 is 0. The molecule has 9 nitrogen and oxygen atoms in total. The number of hydrogen-bond acceptors (Lipinski definition) is 6. The Morgan fingerprint density at radius 1 is 1.31 bits per heavy atom. The van der Waals surface area contributed by atoms with Crippen molar-refractivity contribution in [2.75, 3.05) is 32.8 Å². The number of amides is 4. The number of imide groups is 1. The summed E-state index contributed by atoms with van der Waals surface area (Å²) in [5, 5.41) is 18.1. The summed E-state index contributed by atoms with van der Waals surface area (Å²) < 4.78 is 0. The van der Waals surface area contributed by atoms with E-state index in [0.717, 1.165) is 4.90 Å². The van der Waals surface area contributed by atoms with E-state index in [1.807, 2.05) is 19.9 Å². The molecule has 0 radical (unpaired) electrons. The van der Waals surface area contributed by atoms with Gasteiger partial charge in [0.2, 0.25) is 0 Å². The number of likely N-dealkylation sites (tertiary alicyclic amines) is 1. The second-order valence-electron chi connectivity index (χ2n) is 7.84. The molecule has 0 unspecified atom stereocenters. The van der Waals surface area contributed by atoms with Gasteiger partial charge in [-0.15, -0.1) is 0 Å². The monoisotopic (exact) mass is 399 g/mol. The van der Waals surface area contributed by atoms with Crippen LogP contribution < -0.4 is 0 Å². The Kier molecular flexibility index (Phi) is 5.84. The third-order valence-electron chi connectivity index (χ3n) is 5.50. The predicted molar refractivity (Wildman–Crippen MR) is 103 cm³/mol. The molecular weight excluding hydrogens is 374 g/mol. The van der Waals surface area contributed by atoms with Crippen molar-refractivity contribution >= 4 is 17.8 Å². The molecule has 29 heavy (non-hydrogen) atoms. The molecule has 1 aromatic rings. The van der Waals surface area contributed by atoms with E-state index in [2.05, 4.69) is 4.98 Å². The lowest BCUT2D eigenvalue weighted by Crippen LogP contribution is -2.58. The molecule has 1 aromatic heterocycles. The average molecular weight is 399 g/mol. The van der Waals surface area contributed by atoms with Gasteiger partial charge < -0.3 is 14.9 Å². The largest absolute Gasteiger partial charge is 0.395 e. The molecule has 0 saturated carbocycles. The maximum Gasteiger partial charge on any atom is 0.327 e. The van der Waals surface area contributed by atoms with Crippen molar-refractivity contribution in [2.45, 2.75) is 32.2 Å². The van der Waals surface area contributed by atoms with Crippen LogP contribution in [0.2, 0.25) is 0 Å². The van der Waals surface area contributed by atoms with Gasteiger partial charge in [-0.05, 0) is 30.9 Å². The first-order chi connectivity index (χ1) is 13.8. The summed E-state index contributed by atoms with van der Waals surface area (Å²) in [6.45, 7) is 4.78. The van der Waals surface area contributed by atoms with Gasteiger partial charge in [-0.1, -0.05) is 13.8 Å². The van der Waals surface area contributed by atoms with Crippen LogP contribution in [0.3, 0.4) is 0 Å². The molecule has 1 spiro atoms. The quantitative estimate of drug-likeness (QED) is 0.733. The topological polar surface area (TPSA) is 118 Å². The van der Waals surface area contributed by atoms with E-state index < -0.39 is 5.54 Å². The zero-order valence-corrected chi connectivity index (χ0v) is 16.7. The van der Waals surface area contributed by atoms with Gasteiger partial charge in [0, 0.05) is 25.8 Å². The minimum atomic E-state index is -0.962. The van der Waals surface area contributed by atoms with E-state index in [1.165, 1.54) is 12.3 Å². The maximum atomic E-state index is 13.1. The Morgan fingerprint density at radius 3 is 2.52 bits per heavy atom. The summed E-state index contributed by atoms with van der Waals surface area (Å²) in [5.74, 6) is -0.317. The Balaban J connectivity index is 1.78. The average Bonchev–Trinajstić information content (AvgIpc) is 2.90. The molecule has 3 heterocycles. The molecule has 0 aliphatic carbocycles. The maximum absolute atomic E-state index is 13.1. The van der Waals surface area contributed by atoms with Crippen molar-refractivity contribution in [1.82, 2.24) is 19.7 Å². The number of rotatable bonds is 5. The summed E-state index contributed by atoms with van der Waals surface area (Å²) in [4.78, 5) is 47.0. The SMILES string of the molecule is CC(C)CN1C(=O)N(CCO)C(=O)C12CCN(C(=O)c1ccc(C#N)nc1)CC2. The van der Waals surface area contributed by atoms with Crippen LogP contribution in [0.1, 0.15) is 42.7 Å². The van der Waals surface area contributed by atoms with Crippen LogP contribution in [0.15, 0.2) is 18.3 Å². The number of pyridine rings is 1. The van der Waals surface area contributed by atoms with Gasteiger partial charge in [-0.3, -0.25) is 14.5 Å². The second-order valence-corrected chi connectivity index (χ2v) is 7.84. The van der Waals surface area contributed by atoms with Crippen molar-refractivity contribution in [1.29, 1.82) is 5.26 Å². The lowest BCUT2D eigenvalue weighted by Gasteiger charge is -2.42. The molecule has 154 valence electrons. The van der Waals surface area contributed by atoms with Gasteiger partial charge in [0.15, 0.2) is 0 Å². The van der Waals surface area contributed by atoms with Gasteiger partial charge in [0.25, 0.3) is 11.8 Å². The highest BCUT2D eigenvalue weighted by atomic mass is 16.3. The lowest BCUT2D eigenvalue weighted by atomic mass is 9.85. The van der Waals surface area contributed by atoms with Crippen LogP contribution in [0, 0.1) is 17.2 Å². The first-order valence-electron chi connectivity index (χ1n) is 9.74. The summed E-state index contributed by atoms with van der Waals surface area (Å²) in [6, 6.07) is 4.61. The number of aliphatic hydroxyl groups excluding tert-OH is 1. The van der Waals surface area contributed by atoms with E-state index in [0.29, 0.717) is 38.0 Å². The third-order valence-corrected chi connectivity index (χ3v) is 5.50. The van der Waals surface area contributed by atoms with Crippen LogP contribution in [0.5, 0.6) is 0 Å². The minimum Gasteiger partial charge on any atom is -0.395 e. The predicted octanol–water partition coefficient (Wildman–Crippen LogP) is 0.841. The number of piperidine rings is 1. The van der Waals surface area contributed by atoms with Crippen molar-refractivity contribution in [3.05, 3.63) is 29.6 Å². The Labute approximate surface area is 169 Å². The zero-order chi connectivity index (χ0) is 21.2. The fourth-order valence-electron chi connectivity index (χ4n) is 4.03. The number of carbonyl (C=O) groups excluding carboxylic acids is 3. The standard InChI is InChI=1S/C20H25N5O4/c1-14(2)13-25-19(29)24(9-10-26)18(28)20(25)5-7-23(8-6-20)17(27)15-3-4-16(11-21)22-12-15/h3-4,12,14,26H,5-10,13H2,1-2H3. The van der Waals surface area contributed by atoms with E-state index >= 15 is 0 Å². The zero-order valence-electron chi connectivity index (χ0n) is 16.7. The highest BCUT2D eigenvalue weighted by Crippen LogP contribution is 2.38. The third kappa shape index (κ3) is 3.68. The lowest BCUT2D eigenvalue weighted by molar-refractivity contribution is -0.135. The molecule has 0 bridgehead atoms. The fraction of sp³-hybridized carbons (Fsp3) is 0.550. The molecule has 2 aliphatic rings. The number of carbonyl (C=O) groups is 3. The number of β-amino-alcohol motifs (C(OH)–C–C–N with tert-alkyl or cyclic N) is 1. The van der Waals surface area contributed by atoms with E-state index in [9.17, 15) is 19.5 Å². The number of nitrogens with zero attached hydrogens (tertiary/aromatic N) is 5. The van der Waals surface area contributed by atoms with E-state index in [4.69, 9.17) is 5.26 Å². The van der Waals surface area contributed by atoms with Gasteiger partial charge in [-0.25, -0.2) is 9.78 Å². The van der Waals surface area contributed by atoms with Crippen molar-refractivity contribution < 1.29 is 19.5 Å². The van der Waals surface area contributed by atoms with Gasteiger partial charge >= 0.3 is 6.03 Å². The Hall–Kier alpha value is -2.99. The summed E-state index contributed by atoms with van der Waals surface area (Å²) in [5.41, 5.74) is -0.340. The Morgan fingerprint density at radius 2 is 2.00 bits per heavy atom. The highest BCUT2D eigenvalue weighted by Gasteiger charge is 2.58. The summed E-state index contributed by atoms with van der Waals surface area (Å²) in [6.07, 6.45) is 2.08. The first kappa shape index (κ1) is 20.7. The van der Waals surface area contributed by atoms with Gasteiger partial charge in [-0.2, -0.15) is 5.26 Å². The molecule has 0 aromatic carbocycles. The second kappa shape index (κ2) is 8.17. The van der Waals surface area contributed by atoms with Crippen LogP contribution in [0.4, 0.5) is 4.79 Å². The summed E-state index contributed by atoms with van der Waals surface area (Å²) in [7, 11) is 0. The minimum absolute atomic E-state index is 0.0203. The molecule has 4 amide bonds. The molecule has 2 aliphatic heterocycles. The molecule has 2 fully saturated rings. The number of hydrogen-bond donors (Lipinski definition) is 1. The number of aliphatic hydroxyl groups is 1. The van der Waals surface area contributed by atoms with E-state index in [-0.39, 0.29) is 42.6 Å². The normalized spacial score (nSPS) is 18.7. The molecule has 9 heteroatoms. The van der Waals surface area contributed by atoms with Crippen molar-refractivity contribution in [3.63, 3.8) is 0 Å². The van der Waals surface area contributed by atoms with E-state index in [1.54, 1.807) is 15.9 Å². The molecule has 1 N–H and O–H groups in total. The van der Waals surface area contributed by atoms with Crippen LogP contribution in [0.25, 0.3) is 0 Å². The van der Waals surface area contributed by atoms with Crippen LogP contribution >= 0.6 is 0 Å². The van der Waals surface area contributed by atoms with Crippen LogP contribution in [-0.4, -0.2) is 81.0 Å². The number of nitriles is 1. The van der Waals surface area contributed by atoms with Gasteiger partial charge in [0.1, 0.15) is 17.3 Å². The fourth-order valence-corrected chi connectivity index (χ4v) is 4.03. The molecule has 2 saturated heterocycles.